The van der Waals surface area contributed by atoms with Crippen LogP contribution in [-0.4, -0.2) is 16.0 Å². The number of rotatable bonds is 3. The largest absolute Gasteiger partial charge is 0.388 e. The van der Waals surface area contributed by atoms with Crippen molar-refractivity contribution >= 4 is 22.9 Å². The Labute approximate surface area is 108 Å². The molecule has 17 heavy (non-hydrogen) atoms. The monoisotopic (exact) mass is 249 g/mol. The molecule has 2 rings (SSSR count). The summed E-state index contributed by atoms with van der Waals surface area (Å²) < 4.78 is 0. The van der Waals surface area contributed by atoms with Crippen molar-refractivity contribution in [3.63, 3.8) is 0 Å². The van der Waals surface area contributed by atoms with E-state index in [0.717, 1.165) is 5.69 Å². The minimum Gasteiger partial charge on any atom is -0.388 e. The predicted molar refractivity (Wildman–Crippen MR) is 75.1 cm³/mol. The quantitative estimate of drug-likeness (QED) is 0.808. The van der Waals surface area contributed by atoms with Crippen LogP contribution in [0, 0.1) is 10.8 Å². The molecule has 0 saturated heterocycles. The number of aromatic nitrogens is 1. The molecule has 0 aliphatic heterocycles. The van der Waals surface area contributed by atoms with Crippen LogP contribution in [0.4, 0.5) is 5.69 Å². The first-order valence-electron chi connectivity index (χ1n) is 5.79. The number of nitrogens with two attached hydrogens (primary N) is 1. The predicted octanol–water partition coefficient (Wildman–Crippen LogP) is 2.56. The topological polar surface area (TPSA) is 50.9 Å². The minimum atomic E-state index is 0.305. The molecule has 3 nitrogen and oxygen atoms in total. The number of pyridine rings is 1. The summed E-state index contributed by atoms with van der Waals surface area (Å²) >= 11 is 4.93. The van der Waals surface area contributed by atoms with Crippen LogP contribution in [-0.2, 0) is 0 Å². The van der Waals surface area contributed by atoms with Gasteiger partial charge in [0.2, 0.25) is 0 Å². The number of hydrogen-bond donors (Lipinski definition) is 2. The van der Waals surface area contributed by atoms with Gasteiger partial charge in [0, 0.05) is 17.9 Å². The fourth-order valence-electron chi connectivity index (χ4n) is 2.38. The minimum absolute atomic E-state index is 0.305. The number of thiocarbonyl (C=S) groups is 1. The summed E-state index contributed by atoms with van der Waals surface area (Å²) in [5, 5.41) is 3.54. The van der Waals surface area contributed by atoms with Gasteiger partial charge in [-0.3, -0.25) is 4.98 Å². The summed E-state index contributed by atoms with van der Waals surface area (Å²) in [6.45, 7) is 9.11. The lowest BCUT2D eigenvalue weighted by atomic mass is 10.0. The van der Waals surface area contributed by atoms with Gasteiger partial charge in [-0.1, -0.05) is 39.9 Å². The first kappa shape index (κ1) is 12.3. The van der Waals surface area contributed by atoms with E-state index < -0.39 is 0 Å². The molecule has 1 aromatic heterocycles. The maximum absolute atomic E-state index is 5.58. The van der Waals surface area contributed by atoms with E-state index in [1.807, 2.05) is 12.1 Å². The van der Waals surface area contributed by atoms with Crippen molar-refractivity contribution in [3.8, 4) is 0 Å². The van der Waals surface area contributed by atoms with Gasteiger partial charge >= 0.3 is 0 Å². The third-order valence-corrected chi connectivity index (χ3v) is 4.55. The lowest BCUT2D eigenvalue weighted by Gasteiger charge is -2.09. The molecular formula is C13H19N3S. The Kier molecular flexibility index (Phi) is 2.65. The first-order valence-corrected chi connectivity index (χ1v) is 6.20. The van der Waals surface area contributed by atoms with Crippen molar-refractivity contribution in [2.24, 2.45) is 16.6 Å². The Bertz CT molecular complexity index is 451. The van der Waals surface area contributed by atoms with Gasteiger partial charge in [0.15, 0.2) is 0 Å². The van der Waals surface area contributed by atoms with Crippen LogP contribution in [0.2, 0.25) is 0 Å². The van der Waals surface area contributed by atoms with Crippen molar-refractivity contribution in [2.45, 2.75) is 33.7 Å². The Balaban J connectivity index is 2.16. The average molecular weight is 249 g/mol. The summed E-state index contributed by atoms with van der Waals surface area (Å²) in [5.41, 5.74) is 7.89. The summed E-state index contributed by atoms with van der Waals surface area (Å²) in [5.74, 6) is 0. The van der Waals surface area contributed by atoms with E-state index in [1.54, 1.807) is 6.20 Å². The van der Waals surface area contributed by atoms with Crippen molar-refractivity contribution in [1.82, 2.24) is 4.98 Å². The van der Waals surface area contributed by atoms with Crippen molar-refractivity contribution in [3.05, 3.63) is 24.0 Å². The van der Waals surface area contributed by atoms with Gasteiger partial charge < -0.3 is 11.1 Å². The fourth-order valence-corrected chi connectivity index (χ4v) is 2.49. The first-order chi connectivity index (χ1) is 7.76. The van der Waals surface area contributed by atoms with E-state index in [2.05, 4.69) is 38.0 Å². The molecule has 0 spiro atoms. The fraction of sp³-hybridized carbons (Fsp3) is 0.538. The molecule has 0 bridgehead atoms. The molecule has 4 heteroatoms. The molecule has 0 aromatic carbocycles. The van der Waals surface area contributed by atoms with E-state index in [1.165, 1.54) is 0 Å². The van der Waals surface area contributed by atoms with Crippen LogP contribution in [0.1, 0.15) is 33.4 Å². The zero-order chi connectivity index (χ0) is 12.8. The van der Waals surface area contributed by atoms with E-state index in [9.17, 15) is 0 Å². The van der Waals surface area contributed by atoms with E-state index >= 15 is 0 Å². The number of nitrogens with zero attached hydrogens (tertiary/aromatic N) is 1. The van der Waals surface area contributed by atoms with E-state index in [-0.39, 0.29) is 0 Å². The Hall–Kier alpha value is -1.16. The Morgan fingerprint density at radius 1 is 1.35 bits per heavy atom. The van der Waals surface area contributed by atoms with Gasteiger partial charge in [0.25, 0.3) is 0 Å². The molecule has 1 saturated carbocycles. The number of hydrogen-bond acceptors (Lipinski definition) is 3. The molecule has 1 aliphatic rings. The summed E-state index contributed by atoms with van der Waals surface area (Å²) in [6, 6.07) is 4.33. The molecule has 1 aromatic rings. The van der Waals surface area contributed by atoms with Gasteiger partial charge in [0.05, 0.1) is 5.69 Å². The average Bonchev–Trinajstić information content (AvgIpc) is 2.61. The van der Waals surface area contributed by atoms with Gasteiger partial charge in [0.1, 0.15) is 4.99 Å². The highest BCUT2D eigenvalue weighted by molar-refractivity contribution is 7.80. The lowest BCUT2D eigenvalue weighted by Crippen LogP contribution is -2.14. The highest BCUT2D eigenvalue weighted by Crippen LogP contribution is 2.63. The number of nitrogens with one attached hydrogen (secondary N) is 1. The normalized spacial score (nSPS) is 20.9. The van der Waals surface area contributed by atoms with Crippen molar-refractivity contribution in [1.29, 1.82) is 0 Å². The van der Waals surface area contributed by atoms with Crippen LogP contribution in [0.3, 0.4) is 0 Å². The molecular weight excluding hydrogens is 230 g/mol. The maximum Gasteiger partial charge on any atom is 0.122 e. The standard InChI is InChI=1S/C13H19N3S/c1-12(2)11(13(12,3)4)16-8-5-6-15-9(7-8)10(14)17/h5-7,11H,1-4H3,(H2,14,17)(H,15,16). The highest BCUT2D eigenvalue weighted by atomic mass is 32.1. The molecule has 0 unspecified atom stereocenters. The number of anilines is 1. The molecule has 0 atom stereocenters. The molecule has 0 radical (unpaired) electrons. The van der Waals surface area contributed by atoms with Crippen LogP contribution in [0.15, 0.2) is 18.3 Å². The van der Waals surface area contributed by atoms with Crippen molar-refractivity contribution < 1.29 is 0 Å². The van der Waals surface area contributed by atoms with Gasteiger partial charge in [-0.2, -0.15) is 0 Å². The molecule has 3 N–H and O–H groups in total. The van der Waals surface area contributed by atoms with Crippen LogP contribution in [0.5, 0.6) is 0 Å². The van der Waals surface area contributed by atoms with Gasteiger partial charge in [-0.15, -0.1) is 0 Å². The second-order valence-electron chi connectivity index (χ2n) is 5.81. The second kappa shape index (κ2) is 3.67. The third-order valence-electron chi connectivity index (χ3n) is 4.34. The molecule has 0 amide bonds. The lowest BCUT2D eigenvalue weighted by molar-refractivity contribution is 0.457. The van der Waals surface area contributed by atoms with Crippen LogP contribution >= 0.6 is 12.2 Å². The van der Waals surface area contributed by atoms with Gasteiger partial charge in [-0.25, -0.2) is 0 Å². The van der Waals surface area contributed by atoms with Crippen LogP contribution in [0.25, 0.3) is 0 Å². The third kappa shape index (κ3) is 1.90. The zero-order valence-corrected chi connectivity index (χ0v) is 11.6. The smallest absolute Gasteiger partial charge is 0.122 e. The van der Waals surface area contributed by atoms with E-state index in [0.29, 0.717) is 27.6 Å². The van der Waals surface area contributed by atoms with Gasteiger partial charge in [-0.05, 0) is 23.0 Å². The second-order valence-corrected chi connectivity index (χ2v) is 6.25. The summed E-state index contributed by atoms with van der Waals surface area (Å²) in [6.07, 6.45) is 1.74. The summed E-state index contributed by atoms with van der Waals surface area (Å²) in [7, 11) is 0. The van der Waals surface area contributed by atoms with Crippen LogP contribution < -0.4 is 11.1 Å². The Morgan fingerprint density at radius 2 is 1.94 bits per heavy atom. The molecule has 1 fully saturated rings. The molecule has 1 heterocycles. The SMILES string of the molecule is CC1(C)C(Nc2ccnc(C(N)=S)c2)C1(C)C. The summed E-state index contributed by atoms with van der Waals surface area (Å²) in [4.78, 5) is 4.47. The maximum atomic E-state index is 5.58. The molecule has 92 valence electrons. The highest BCUT2D eigenvalue weighted by Gasteiger charge is 2.64. The molecule has 1 aliphatic carbocycles. The van der Waals surface area contributed by atoms with Crippen molar-refractivity contribution in [2.75, 3.05) is 5.32 Å². The zero-order valence-electron chi connectivity index (χ0n) is 10.7. The van der Waals surface area contributed by atoms with E-state index in [4.69, 9.17) is 18.0 Å². The Morgan fingerprint density at radius 3 is 2.41 bits per heavy atom.